The zero-order valence-electron chi connectivity index (χ0n) is 14.8. The molecule has 1 atom stereocenters. The number of hydrogen-bond acceptors (Lipinski definition) is 2. The Hall–Kier alpha value is -2.13. The molecule has 1 aliphatic rings. The van der Waals surface area contributed by atoms with Crippen molar-refractivity contribution in [3.8, 4) is 0 Å². The smallest absolute Gasteiger partial charge is 0.228 e. The molecule has 1 saturated heterocycles. The second-order valence-corrected chi connectivity index (χ2v) is 6.79. The van der Waals surface area contributed by atoms with Gasteiger partial charge in [0.25, 0.3) is 0 Å². The summed E-state index contributed by atoms with van der Waals surface area (Å²) in [5.41, 5.74) is 2.35. The van der Waals surface area contributed by atoms with E-state index in [1.807, 2.05) is 41.3 Å². The number of amides is 1. The van der Waals surface area contributed by atoms with Crippen molar-refractivity contribution in [3.63, 3.8) is 0 Å². The maximum Gasteiger partial charge on any atom is 0.228 e. The average molecular weight is 337 g/mol. The highest BCUT2D eigenvalue weighted by Gasteiger charge is 2.26. The predicted octanol–water partition coefficient (Wildman–Crippen LogP) is 4.42. The van der Waals surface area contributed by atoms with Crippen LogP contribution in [0.5, 0.6) is 0 Å². The maximum atomic E-state index is 13.0. The third kappa shape index (κ3) is 5.43. The molecule has 0 aliphatic carbocycles. The van der Waals surface area contributed by atoms with Crippen molar-refractivity contribution in [2.45, 2.75) is 38.8 Å². The number of carbonyl (C=O) groups excluding carboxylic acids is 1. The molecule has 25 heavy (non-hydrogen) atoms. The molecule has 0 bridgehead atoms. The number of ether oxygens (including phenoxy) is 1. The molecule has 3 nitrogen and oxygen atoms in total. The summed E-state index contributed by atoms with van der Waals surface area (Å²) in [5, 5.41) is 0. The Morgan fingerprint density at radius 1 is 0.880 bits per heavy atom. The van der Waals surface area contributed by atoms with Crippen LogP contribution in [0.3, 0.4) is 0 Å². The number of benzene rings is 2. The van der Waals surface area contributed by atoms with Gasteiger partial charge in [0.15, 0.2) is 0 Å². The quantitative estimate of drug-likeness (QED) is 0.781. The third-order valence-electron chi connectivity index (χ3n) is 4.79. The number of hydrogen-bond donors (Lipinski definition) is 0. The molecule has 0 radical (unpaired) electrons. The summed E-state index contributed by atoms with van der Waals surface area (Å²) in [4.78, 5) is 15.0. The Kier molecular flexibility index (Phi) is 6.63. The summed E-state index contributed by atoms with van der Waals surface area (Å²) >= 11 is 0. The summed E-state index contributed by atoms with van der Waals surface area (Å²) in [7, 11) is 0. The minimum Gasteiger partial charge on any atom is -0.376 e. The first-order chi connectivity index (χ1) is 12.3. The van der Waals surface area contributed by atoms with Gasteiger partial charge in [-0.15, -0.1) is 0 Å². The fourth-order valence-electron chi connectivity index (χ4n) is 3.37. The zero-order valence-corrected chi connectivity index (χ0v) is 14.8. The third-order valence-corrected chi connectivity index (χ3v) is 4.79. The van der Waals surface area contributed by atoms with Crippen LogP contribution < -0.4 is 0 Å². The standard InChI is InChI=1S/C22H27NO2/c24-22-21(18-25-17-20-12-6-2-7-13-20)14-8-3-9-15-23(22)16-19-10-4-1-5-11-19/h1-2,4-7,10-13,21H,3,8-9,14-18H2. The maximum absolute atomic E-state index is 13.0. The van der Waals surface area contributed by atoms with Gasteiger partial charge in [0.2, 0.25) is 5.91 Å². The molecule has 132 valence electrons. The summed E-state index contributed by atoms with van der Waals surface area (Å²) in [6.07, 6.45) is 4.33. The van der Waals surface area contributed by atoms with Gasteiger partial charge in [-0.1, -0.05) is 73.5 Å². The lowest BCUT2D eigenvalue weighted by molar-refractivity contribution is -0.139. The van der Waals surface area contributed by atoms with E-state index >= 15 is 0 Å². The molecule has 1 heterocycles. The molecular weight excluding hydrogens is 310 g/mol. The molecule has 0 N–H and O–H groups in total. The predicted molar refractivity (Wildman–Crippen MR) is 99.9 cm³/mol. The molecule has 2 aromatic rings. The fourth-order valence-corrected chi connectivity index (χ4v) is 3.37. The molecule has 2 aromatic carbocycles. The van der Waals surface area contributed by atoms with E-state index in [0.29, 0.717) is 19.8 Å². The van der Waals surface area contributed by atoms with Gasteiger partial charge < -0.3 is 9.64 Å². The first-order valence-electron chi connectivity index (χ1n) is 9.27. The molecule has 1 unspecified atom stereocenters. The van der Waals surface area contributed by atoms with Crippen molar-refractivity contribution in [3.05, 3.63) is 71.8 Å². The van der Waals surface area contributed by atoms with E-state index in [0.717, 1.165) is 31.4 Å². The van der Waals surface area contributed by atoms with Crippen LogP contribution in [0.4, 0.5) is 0 Å². The second kappa shape index (κ2) is 9.38. The molecule has 1 amide bonds. The van der Waals surface area contributed by atoms with Gasteiger partial charge in [0.1, 0.15) is 0 Å². The van der Waals surface area contributed by atoms with Gasteiger partial charge in [-0.2, -0.15) is 0 Å². The van der Waals surface area contributed by atoms with Gasteiger partial charge in [-0.25, -0.2) is 0 Å². The van der Waals surface area contributed by atoms with Crippen molar-refractivity contribution < 1.29 is 9.53 Å². The SMILES string of the molecule is O=C1C(COCc2ccccc2)CCCCCN1Cc1ccccc1. The lowest BCUT2D eigenvalue weighted by Gasteiger charge is -2.30. The van der Waals surface area contributed by atoms with Gasteiger partial charge >= 0.3 is 0 Å². The summed E-state index contributed by atoms with van der Waals surface area (Å²) in [5.74, 6) is 0.226. The van der Waals surface area contributed by atoms with E-state index < -0.39 is 0 Å². The van der Waals surface area contributed by atoms with Crippen molar-refractivity contribution >= 4 is 5.91 Å². The molecule has 1 fully saturated rings. The van der Waals surface area contributed by atoms with Crippen LogP contribution in [-0.2, 0) is 22.7 Å². The van der Waals surface area contributed by atoms with Crippen LogP contribution in [0.15, 0.2) is 60.7 Å². The normalized spacial score (nSPS) is 18.6. The fraction of sp³-hybridized carbons (Fsp3) is 0.409. The lowest BCUT2D eigenvalue weighted by Crippen LogP contribution is -2.39. The van der Waals surface area contributed by atoms with Crippen LogP contribution in [-0.4, -0.2) is 24.0 Å². The Labute approximate surface area is 150 Å². The van der Waals surface area contributed by atoms with Gasteiger partial charge in [0.05, 0.1) is 19.1 Å². The number of carbonyl (C=O) groups is 1. The monoisotopic (exact) mass is 337 g/mol. The van der Waals surface area contributed by atoms with Crippen molar-refractivity contribution in [2.24, 2.45) is 5.92 Å². The first-order valence-corrected chi connectivity index (χ1v) is 9.27. The Bertz CT molecular complexity index is 642. The molecular formula is C22H27NO2. The molecule has 0 saturated carbocycles. The van der Waals surface area contributed by atoms with Crippen LogP contribution in [0.1, 0.15) is 36.8 Å². The Morgan fingerprint density at radius 2 is 1.56 bits per heavy atom. The van der Waals surface area contributed by atoms with Crippen LogP contribution in [0.25, 0.3) is 0 Å². The number of nitrogens with zero attached hydrogens (tertiary/aromatic N) is 1. The highest BCUT2D eigenvalue weighted by Crippen LogP contribution is 2.20. The highest BCUT2D eigenvalue weighted by molar-refractivity contribution is 5.79. The van der Waals surface area contributed by atoms with Crippen LogP contribution in [0, 0.1) is 5.92 Å². The van der Waals surface area contributed by atoms with Crippen LogP contribution >= 0.6 is 0 Å². The number of likely N-dealkylation sites (tertiary alicyclic amines) is 1. The average Bonchev–Trinajstić information content (AvgIpc) is 2.65. The lowest BCUT2D eigenvalue weighted by atomic mass is 9.97. The van der Waals surface area contributed by atoms with E-state index in [1.54, 1.807) is 0 Å². The zero-order chi connectivity index (χ0) is 17.3. The van der Waals surface area contributed by atoms with Crippen molar-refractivity contribution in [1.29, 1.82) is 0 Å². The molecule has 0 spiro atoms. The molecule has 1 aliphatic heterocycles. The van der Waals surface area contributed by atoms with E-state index in [9.17, 15) is 4.79 Å². The van der Waals surface area contributed by atoms with E-state index in [-0.39, 0.29) is 11.8 Å². The van der Waals surface area contributed by atoms with E-state index in [4.69, 9.17) is 4.74 Å². The second-order valence-electron chi connectivity index (χ2n) is 6.79. The molecule has 3 heteroatoms. The highest BCUT2D eigenvalue weighted by atomic mass is 16.5. The van der Waals surface area contributed by atoms with Gasteiger partial charge in [-0.3, -0.25) is 4.79 Å². The van der Waals surface area contributed by atoms with Crippen molar-refractivity contribution in [1.82, 2.24) is 4.90 Å². The largest absolute Gasteiger partial charge is 0.376 e. The van der Waals surface area contributed by atoms with Crippen LogP contribution in [0.2, 0.25) is 0 Å². The number of rotatable bonds is 6. The molecule has 3 rings (SSSR count). The Balaban J connectivity index is 1.58. The summed E-state index contributed by atoms with van der Waals surface area (Å²) < 4.78 is 5.88. The topological polar surface area (TPSA) is 29.5 Å². The van der Waals surface area contributed by atoms with Gasteiger partial charge in [-0.05, 0) is 24.0 Å². The first kappa shape index (κ1) is 17.7. The summed E-state index contributed by atoms with van der Waals surface area (Å²) in [6, 6.07) is 20.4. The van der Waals surface area contributed by atoms with Gasteiger partial charge in [0, 0.05) is 13.1 Å². The summed E-state index contributed by atoms with van der Waals surface area (Å²) in [6.45, 7) is 2.64. The minimum absolute atomic E-state index is 0.0206. The van der Waals surface area contributed by atoms with E-state index in [2.05, 4.69) is 24.3 Å². The minimum atomic E-state index is -0.0206. The molecule has 0 aromatic heterocycles. The van der Waals surface area contributed by atoms with E-state index in [1.165, 1.54) is 12.0 Å². The Morgan fingerprint density at radius 3 is 2.28 bits per heavy atom. The van der Waals surface area contributed by atoms with Crippen molar-refractivity contribution in [2.75, 3.05) is 13.2 Å².